The van der Waals surface area contributed by atoms with Gasteiger partial charge in [-0.15, -0.1) is 11.3 Å². The molecule has 1 aromatic heterocycles. The third-order valence-electron chi connectivity index (χ3n) is 3.36. The Labute approximate surface area is 116 Å². The van der Waals surface area contributed by atoms with E-state index >= 15 is 0 Å². The minimum Gasteiger partial charge on any atom is -0.477 e. The number of hydrogen-bond donors (Lipinski definition) is 2. The summed E-state index contributed by atoms with van der Waals surface area (Å²) in [5, 5.41) is 19.0. The van der Waals surface area contributed by atoms with E-state index in [4.69, 9.17) is 5.11 Å². The zero-order valence-corrected chi connectivity index (χ0v) is 11.9. The fraction of sp³-hybridized carbons (Fsp3) is 0.692. The van der Waals surface area contributed by atoms with E-state index < -0.39 is 5.97 Å². The molecule has 5 nitrogen and oxygen atoms in total. The molecule has 0 amide bonds. The molecule has 2 N–H and O–H groups in total. The molecule has 0 unspecified atom stereocenters. The molecule has 0 saturated heterocycles. The van der Waals surface area contributed by atoms with E-state index in [1.54, 1.807) is 0 Å². The Morgan fingerprint density at radius 1 is 1.47 bits per heavy atom. The average Bonchev–Trinajstić information content (AvgIpc) is 3.14. The van der Waals surface area contributed by atoms with Crippen molar-refractivity contribution in [2.45, 2.75) is 32.1 Å². The van der Waals surface area contributed by atoms with Crippen LogP contribution in [0.2, 0.25) is 0 Å². The minimum atomic E-state index is -0.853. The van der Waals surface area contributed by atoms with Crippen molar-refractivity contribution in [3.8, 4) is 0 Å². The van der Waals surface area contributed by atoms with Gasteiger partial charge in [-0.1, -0.05) is 6.92 Å². The summed E-state index contributed by atoms with van der Waals surface area (Å²) >= 11 is 1.31. The van der Waals surface area contributed by atoms with E-state index in [0.29, 0.717) is 17.3 Å². The molecule has 1 fully saturated rings. The van der Waals surface area contributed by atoms with Crippen molar-refractivity contribution in [2.75, 3.05) is 26.2 Å². The third-order valence-corrected chi connectivity index (χ3v) is 4.48. The topological polar surface area (TPSA) is 73.7 Å². The Bertz CT molecular complexity index is 443. The maximum absolute atomic E-state index is 11.2. The lowest BCUT2D eigenvalue weighted by Gasteiger charge is -2.17. The molecule has 1 saturated carbocycles. The fourth-order valence-corrected chi connectivity index (χ4v) is 3.07. The van der Waals surface area contributed by atoms with Crippen LogP contribution in [0.15, 0.2) is 0 Å². The average molecular weight is 284 g/mol. The zero-order chi connectivity index (χ0) is 13.8. The van der Waals surface area contributed by atoms with Crippen molar-refractivity contribution in [1.29, 1.82) is 0 Å². The van der Waals surface area contributed by atoms with Crippen molar-refractivity contribution < 1.29 is 15.0 Å². The highest BCUT2D eigenvalue weighted by Crippen LogP contribution is 2.42. The second-order valence-corrected chi connectivity index (χ2v) is 5.89. The maximum atomic E-state index is 11.2. The summed E-state index contributed by atoms with van der Waals surface area (Å²) in [6.45, 7) is 4.55. The number of aromatic nitrogens is 1. The van der Waals surface area contributed by atoms with Gasteiger partial charge in [-0.05, 0) is 19.4 Å². The summed E-state index contributed by atoms with van der Waals surface area (Å²) in [7, 11) is 0. The molecule has 2 rings (SSSR count). The number of aliphatic hydroxyl groups excluding tert-OH is 1. The molecule has 19 heavy (non-hydrogen) atoms. The summed E-state index contributed by atoms with van der Waals surface area (Å²) in [4.78, 5) is 18.3. The Balaban J connectivity index is 2.00. The number of rotatable bonds is 8. The fourth-order valence-electron chi connectivity index (χ4n) is 2.09. The molecule has 0 aromatic carbocycles. The van der Waals surface area contributed by atoms with Crippen LogP contribution in [0, 0.1) is 0 Å². The molecule has 6 heteroatoms. The van der Waals surface area contributed by atoms with Gasteiger partial charge in [0.05, 0.1) is 17.3 Å². The van der Waals surface area contributed by atoms with Crippen LogP contribution in [-0.4, -0.2) is 52.3 Å². The van der Waals surface area contributed by atoms with E-state index in [1.807, 2.05) is 0 Å². The monoisotopic (exact) mass is 284 g/mol. The minimum absolute atomic E-state index is 0.152. The molecule has 1 aliphatic rings. The summed E-state index contributed by atoms with van der Waals surface area (Å²) in [5.74, 6) is -0.482. The highest BCUT2D eigenvalue weighted by Gasteiger charge is 2.31. The highest BCUT2D eigenvalue weighted by atomic mass is 32.1. The van der Waals surface area contributed by atoms with E-state index in [-0.39, 0.29) is 6.61 Å². The quantitative estimate of drug-likeness (QED) is 0.758. The third kappa shape index (κ3) is 3.75. The lowest BCUT2D eigenvalue weighted by molar-refractivity contribution is 0.0700. The van der Waals surface area contributed by atoms with Crippen LogP contribution < -0.4 is 0 Å². The highest BCUT2D eigenvalue weighted by molar-refractivity contribution is 7.13. The summed E-state index contributed by atoms with van der Waals surface area (Å²) in [6.07, 6.45) is 2.88. The Morgan fingerprint density at radius 2 is 2.21 bits per heavy atom. The Kier molecular flexibility index (Phi) is 4.90. The lowest BCUT2D eigenvalue weighted by atomic mass is 10.2. The Hall–Kier alpha value is -0.980. The van der Waals surface area contributed by atoms with Crippen molar-refractivity contribution in [3.05, 3.63) is 15.6 Å². The first kappa shape index (κ1) is 14.4. The molecule has 1 heterocycles. The lowest BCUT2D eigenvalue weighted by Crippen LogP contribution is -2.28. The molecule has 0 spiro atoms. The Morgan fingerprint density at radius 3 is 2.74 bits per heavy atom. The number of aliphatic hydroxyl groups is 1. The van der Waals surface area contributed by atoms with Gasteiger partial charge in [0.2, 0.25) is 0 Å². The largest absolute Gasteiger partial charge is 0.477 e. The van der Waals surface area contributed by atoms with Crippen molar-refractivity contribution in [2.24, 2.45) is 0 Å². The van der Waals surface area contributed by atoms with E-state index in [1.165, 1.54) is 11.3 Å². The summed E-state index contributed by atoms with van der Waals surface area (Å²) < 4.78 is 0. The number of likely N-dealkylation sites (N-methyl/N-ethyl adjacent to an activating group) is 1. The van der Waals surface area contributed by atoms with Crippen molar-refractivity contribution in [1.82, 2.24) is 9.88 Å². The van der Waals surface area contributed by atoms with Gasteiger partial charge in [0.15, 0.2) is 0 Å². The molecule has 0 aliphatic heterocycles. The molecule has 0 bridgehead atoms. The van der Waals surface area contributed by atoms with Crippen LogP contribution in [0.1, 0.15) is 46.1 Å². The number of thiazole rings is 1. The second kappa shape index (κ2) is 6.45. The van der Waals surface area contributed by atoms with Crippen molar-refractivity contribution in [3.63, 3.8) is 0 Å². The van der Waals surface area contributed by atoms with Gasteiger partial charge >= 0.3 is 5.97 Å². The second-order valence-electron chi connectivity index (χ2n) is 4.81. The van der Waals surface area contributed by atoms with Crippen LogP contribution in [-0.2, 0) is 6.42 Å². The van der Waals surface area contributed by atoms with Crippen LogP contribution >= 0.6 is 11.3 Å². The number of carboxylic acids is 1. The zero-order valence-electron chi connectivity index (χ0n) is 11.1. The van der Waals surface area contributed by atoms with Gasteiger partial charge < -0.3 is 15.1 Å². The molecular formula is C13H20N2O3S. The first-order chi connectivity index (χ1) is 9.15. The van der Waals surface area contributed by atoms with E-state index in [9.17, 15) is 9.90 Å². The smallest absolute Gasteiger partial charge is 0.347 e. The van der Waals surface area contributed by atoms with Crippen molar-refractivity contribution >= 4 is 17.3 Å². The van der Waals surface area contributed by atoms with Crippen LogP contribution in [0.25, 0.3) is 0 Å². The summed E-state index contributed by atoms with van der Waals surface area (Å²) in [6, 6.07) is 0. The predicted octanol–water partition coefficient (Wildman–Crippen LogP) is 1.58. The molecule has 0 atom stereocenters. The van der Waals surface area contributed by atoms with Crippen LogP contribution in [0.5, 0.6) is 0 Å². The number of aromatic carboxylic acids is 1. The van der Waals surface area contributed by atoms with Gasteiger partial charge in [0.1, 0.15) is 4.88 Å². The van der Waals surface area contributed by atoms with E-state index in [2.05, 4.69) is 16.8 Å². The maximum Gasteiger partial charge on any atom is 0.347 e. The van der Waals surface area contributed by atoms with Gasteiger partial charge in [-0.25, -0.2) is 9.78 Å². The van der Waals surface area contributed by atoms with Crippen LogP contribution in [0.4, 0.5) is 0 Å². The first-order valence-electron chi connectivity index (χ1n) is 6.71. The predicted molar refractivity (Wildman–Crippen MR) is 74.0 cm³/mol. The number of nitrogens with zero attached hydrogens (tertiary/aromatic N) is 2. The molecule has 0 radical (unpaired) electrons. The van der Waals surface area contributed by atoms with Gasteiger partial charge in [0.25, 0.3) is 0 Å². The molecule has 1 aliphatic carbocycles. The molecule has 106 valence electrons. The number of carboxylic acid groups (broad SMARTS) is 1. The summed E-state index contributed by atoms with van der Waals surface area (Å²) in [5.41, 5.74) is 0.790. The number of hydrogen-bond acceptors (Lipinski definition) is 5. The number of carbonyl (C=O) groups is 1. The standard InChI is InChI=1S/C13H20N2O3S/c1-2-15(7-8-16)6-5-10-14-11(9-3-4-9)12(19-10)13(17)18/h9,16H,2-8H2,1H3,(H,17,18). The molecular weight excluding hydrogens is 264 g/mol. The first-order valence-corrected chi connectivity index (χ1v) is 7.53. The molecule has 1 aromatic rings. The van der Waals surface area contributed by atoms with Gasteiger partial charge in [-0.2, -0.15) is 0 Å². The van der Waals surface area contributed by atoms with Gasteiger partial charge in [-0.3, -0.25) is 0 Å². The SMILES string of the molecule is CCN(CCO)CCc1nc(C2CC2)c(C(=O)O)s1. The van der Waals surface area contributed by atoms with Crippen LogP contribution in [0.3, 0.4) is 0 Å². The normalized spacial score (nSPS) is 15.1. The van der Waals surface area contributed by atoms with E-state index in [0.717, 1.165) is 43.1 Å². The van der Waals surface area contributed by atoms with Gasteiger partial charge in [0, 0.05) is 25.4 Å².